The number of aromatic nitrogens is 2. The molecule has 5 nitrogen and oxygen atoms in total. The van der Waals surface area contributed by atoms with E-state index in [2.05, 4.69) is 15.5 Å². The van der Waals surface area contributed by atoms with Crippen LogP contribution in [0.1, 0.15) is 32.4 Å². The van der Waals surface area contributed by atoms with Crippen LogP contribution in [0.4, 0.5) is 5.69 Å². The molecule has 0 aliphatic rings. The van der Waals surface area contributed by atoms with Crippen molar-refractivity contribution in [1.29, 1.82) is 0 Å². The van der Waals surface area contributed by atoms with E-state index in [1.54, 1.807) is 23.1 Å². The molecule has 2 aromatic carbocycles. The molecule has 0 aliphatic carbocycles. The molecule has 0 bridgehead atoms. The van der Waals surface area contributed by atoms with Crippen molar-refractivity contribution in [3.63, 3.8) is 0 Å². The van der Waals surface area contributed by atoms with Crippen LogP contribution < -0.4 is 5.32 Å². The number of hydrogen-bond donors (Lipinski definition) is 1. The van der Waals surface area contributed by atoms with Crippen LogP contribution in [0, 0.1) is 20.8 Å². The number of rotatable bonds is 5. The van der Waals surface area contributed by atoms with Gasteiger partial charge in [-0.05, 0) is 51.1 Å². The lowest BCUT2D eigenvalue weighted by molar-refractivity contribution is 0.102. The van der Waals surface area contributed by atoms with Gasteiger partial charge in [-0.15, -0.1) is 23.1 Å². The normalized spacial score (nSPS) is 11.1. The number of amides is 1. The molecule has 28 heavy (non-hydrogen) atoms. The van der Waals surface area contributed by atoms with E-state index >= 15 is 0 Å². The summed E-state index contributed by atoms with van der Waals surface area (Å²) < 4.78 is 6.30. The maximum Gasteiger partial charge on any atom is 0.256 e. The predicted octanol–water partition coefficient (Wildman–Crippen LogP) is 5.75. The van der Waals surface area contributed by atoms with Crippen molar-refractivity contribution in [3.05, 3.63) is 70.1 Å². The lowest BCUT2D eigenvalue weighted by Gasteiger charge is -2.10. The highest BCUT2D eigenvalue weighted by Gasteiger charge is 2.15. The van der Waals surface area contributed by atoms with Crippen LogP contribution in [0.15, 0.2) is 51.9 Å². The first-order valence-electron chi connectivity index (χ1n) is 8.83. The highest BCUT2D eigenvalue weighted by atomic mass is 32.2. The number of benzene rings is 2. The largest absolute Gasteiger partial charge is 0.361 e. The first-order chi connectivity index (χ1) is 13.5. The van der Waals surface area contributed by atoms with Crippen LogP contribution in [-0.2, 0) is 5.75 Å². The van der Waals surface area contributed by atoms with E-state index in [9.17, 15) is 4.79 Å². The summed E-state index contributed by atoms with van der Waals surface area (Å²) in [4.78, 5) is 18.3. The monoisotopic (exact) mass is 409 g/mol. The van der Waals surface area contributed by atoms with Crippen LogP contribution in [0.5, 0.6) is 0 Å². The molecular formula is C21H19N3O2S2. The van der Waals surface area contributed by atoms with E-state index in [1.165, 1.54) is 0 Å². The second kappa shape index (κ2) is 7.77. The number of anilines is 1. The third-order valence-corrected chi connectivity index (χ3v) is 6.47. The van der Waals surface area contributed by atoms with Crippen LogP contribution in [0.2, 0.25) is 0 Å². The Morgan fingerprint density at radius 1 is 1.18 bits per heavy atom. The molecule has 4 rings (SSSR count). The molecule has 0 saturated carbocycles. The molecule has 0 saturated heterocycles. The lowest BCUT2D eigenvalue weighted by Crippen LogP contribution is -2.12. The lowest BCUT2D eigenvalue weighted by atomic mass is 10.2. The molecule has 0 unspecified atom stereocenters. The van der Waals surface area contributed by atoms with Crippen LogP contribution in [-0.4, -0.2) is 16.0 Å². The fraction of sp³-hybridized carbons (Fsp3) is 0.190. The Morgan fingerprint density at radius 3 is 2.79 bits per heavy atom. The van der Waals surface area contributed by atoms with Gasteiger partial charge in [0.25, 0.3) is 5.91 Å². The molecule has 142 valence electrons. The molecule has 2 heterocycles. The molecule has 4 aromatic rings. The van der Waals surface area contributed by atoms with Crippen molar-refractivity contribution in [2.24, 2.45) is 0 Å². The Bertz CT molecular complexity index is 1140. The highest BCUT2D eigenvalue weighted by Crippen LogP contribution is 2.30. The van der Waals surface area contributed by atoms with E-state index in [1.807, 2.05) is 63.2 Å². The Hall–Kier alpha value is -2.64. The number of fused-ring (bicyclic) bond motifs is 1. The summed E-state index contributed by atoms with van der Waals surface area (Å²) in [6.45, 7) is 5.82. The van der Waals surface area contributed by atoms with Crippen molar-refractivity contribution in [1.82, 2.24) is 10.1 Å². The van der Waals surface area contributed by atoms with Crippen LogP contribution in [0.25, 0.3) is 10.2 Å². The third-order valence-electron chi connectivity index (χ3n) is 4.44. The van der Waals surface area contributed by atoms with E-state index in [4.69, 9.17) is 4.52 Å². The molecule has 0 radical (unpaired) electrons. The first kappa shape index (κ1) is 18.7. The Balaban J connectivity index is 1.53. The van der Waals surface area contributed by atoms with Crippen molar-refractivity contribution >= 4 is 44.9 Å². The van der Waals surface area contributed by atoms with Gasteiger partial charge in [0.1, 0.15) is 5.76 Å². The molecule has 0 aliphatic heterocycles. The van der Waals surface area contributed by atoms with Gasteiger partial charge < -0.3 is 9.84 Å². The number of nitrogens with zero attached hydrogens (tertiary/aromatic N) is 2. The number of hydrogen-bond acceptors (Lipinski definition) is 6. The summed E-state index contributed by atoms with van der Waals surface area (Å²) in [6.07, 6.45) is 0. The summed E-state index contributed by atoms with van der Waals surface area (Å²) in [5, 5.41) is 8.02. The van der Waals surface area contributed by atoms with Crippen molar-refractivity contribution in [2.75, 3.05) is 5.32 Å². The number of carbonyl (C=O) groups excluding carboxylic acids is 1. The van der Waals surface area contributed by atoms with Gasteiger partial charge in [-0.25, -0.2) is 4.98 Å². The van der Waals surface area contributed by atoms with E-state index in [0.29, 0.717) is 11.3 Å². The van der Waals surface area contributed by atoms with Crippen LogP contribution >= 0.6 is 23.1 Å². The van der Waals surface area contributed by atoms with Gasteiger partial charge in [-0.1, -0.05) is 17.3 Å². The van der Waals surface area contributed by atoms with Gasteiger partial charge in [0.2, 0.25) is 0 Å². The number of thioether (sulfide) groups is 1. The SMILES string of the molecule is Cc1nc2ccc(NC(=O)c3ccccc3SCc3c(C)noc3C)cc2s1. The van der Waals surface area contributed by atoms with Crippen molar-refractivity contribution in [2.45, 2.75) is 31.4 Å². The average molecular weight is 410 g/mol. The highest BCUT2D eigenvalue weighted by molar-refractivity contribution is 7.98. The van der Waals surface area contributed by atoms with Gasteiger partial charge in [-0.3, -0.25) is 4.79 Å². The summed E-state index contributed by atoms with van der Waals surface area (Å²) in [7, 11) is 0. The summed E-state index contributed by atoms with van der Waals surface area (Å²) >= 11 is 3.23. The molecule has 7 heteroatoms. The fourth-order valence-electron chi connectivity index (χ4n) is 2.95. The predicted molar refractivity (Wildman–Crippen MR) is 114 cm³/mol. The first-order valence-corrected chi connectivity index (χ1v) is 10.6. The second-order valence-electron chi connectivity index (χ2n) is 6.46. The Morgan fingerprint density at radius 2 is 2.00 bits per heavy atom. The van der Waals surface area contributed by atoms with Gasteiger partial charge >= 0.3 is 0 Å². The minimum absolute atomic E-state index is 0.123. The quantitative estimate of drug-likeness (QED) is 0.425. The van der Waals surface area contributed by atoms with Crippen molar-refractivity contribution < 1.29 is 9.32 Å². The zero-order valence-corrected chi connectivity index (χ0v) is 17.4. The third kappa shape index (κ3) is 3.81. The Kier molecular flexibility index (Phi) is 5.19. The van der Waals surface area contributed by atoms with Crippen LogP contribution in [0.3, 0.4) is 0 Å². The van der Waals surface area contributed by atoms with E-state index in [0.717, 1.165) is 42.8 Å². The average Bonchev–Trinajstić information content (AvgIpc) is 3.20. The molecule has 1 N–H and O–H groups in total. The Labute approximate surface area is 171 Å². The van der Waals surface area contributed by atoms with E-state index in [-0.39, 0.29) is 5.91 Å². The smallest absolute Gasteiger partial charge is 0.256 e. The summed E-state index contributed by atoms with van der Waals surface area (Å²) in [6, 6.07) is 13.4. The second-order valence-corrected chi connectivity index (χ2v) is 8.71. The topological polar surface area (TPSA) is 68.0 Å². The number of thiazole rings is 1. The van der Waals surface area contributed by atoms with E-state index < -0.39 is 0 Å². The molecule has 0 atom stereocenters. The number of carbonyl (C=O) groups is 1. The minimum Gasteiger partial charge on any atom is -0.361 e. The number of aryl methyl sites for hydroxylation is 3. The maximum atomic E-state index is 12.9. The number of nitrogens with one attached hydrogen (secondary N) is 1. The van der Waals surface area contributed by atoms with Gasteiger partial charge in [0.05, 0.1) is 26.5 Å². The van der Waals surface area contributed by atoms with Crippen molar-refractivity contribution in [3.8, 4) is 0 Å². The zero-order chi connectivity index (χ0) is 19.7. The molecule has 1 amide bonds. The van der Waals surface area contributed by atoms with Gasteiger partial charge in [0.15, 0.2) is 0 Å². The maximum absolute atomic E-state index is 12.9. The molecular weight excluding hydrogens is 390 g/mol. The molecule has 2 aromatic heterocycles. The summed E-state index contributed by atoms with van der Waals surface area (Å²) in [5.41, 5.74) is 4.34. The minimum atomic E-state index is -0.123. The molecule has 0 fully saturated rings. The zero-order valence-electron chi connectivity index (χ0n) is 15.8. The van der Waals surface area contributed by atoms with Gasteiger partial charge in [0, 0.05) is 21.9 Å². The van der Waals surface area contributed by atoms with Gasteiger partial charge in [-0.2, -0.15) is 0 Å². The fourth-order valence-corrected chi connectivity index (χ4v) is 5.02. The standard InChI is InChI=1S/C21H19N3O2S2/c1-12-17(13(2)26-24-12)11-27-19-7-5-4-6-16(19)21(25)23-15-8-9-18-20(10-15)28-14(3)22-18/h4-10H,11H2,1-3H3,(H,23,25). The summed E-state index contributed by atoms with van der Waals surface area (Å²) in [5.74, 6) is 1.40. The molecule has 0 spiro atoms.